The third kappa shape index (κ3) is 3.90. The Morgan fingerprint density at radius 1 is 0.920 bits per heavy atom. The van der Waals surface area contributed by atoms with Crippen molar-refractivity contribution in [1.82, 2.24) is 13.9 Å². The quantitative estimate of drug-likeness (QED) is 0.827. The number of nitrogens with zero attached hydrogens (tertiary/aromatic N) is 2. The number of piperazine rings is 1. The summed E-state index contributed by atoms with van der Waals surface area (Å²) in [5, 5.41) is 3.21. The van der Waals surface area contributed by atoms with Crippen molar-refractivity contribution in [3.8, 4) is 0 Å². The molecule has 1 N–H and O–H groups in total. The van der Waals surface area contributed by atoms with Gasteiger partial charge in [0, 0.05) is 38.8 Å². The highest BCUT2D eigenvalue weighted by Crippen LogP contribution is 2.24. The second kappa shape index (κ2) is 7.32. The largest absolute Gasteiger partial charge is 0.312 e. The summed E-state index contributed by atoms with van der Waals surface area (Å²) in [4.78, 5) is 0.0957. The van der Waals surface area contributed by atoms with E-state index in [4.69, 9.17) is 0 Å². The lowest BCUT2D eigenvalue weighted by atomic mass is 10.2. The monoisotopic (exact) mass is 387 g/mol. The van der Waals surface area contributed by atoms with E-state index in [2.05, 4.69) is 5.32 Å². The van der Waals surface area contributed by atoms with Gasteiger partial charge in [-0.15, -0.1) is 0 Å². The van der Waals surface area contributed by atoms with Crippen LogP contribution in [0.4, 0.5) is 0 Å². The lowest BCUT2D eigenvalue weighted by molar-refractivity contribution is 0.310. The van der Waals surface area contributed by atoms with Crippen LogP contribution >= 0.6 is 0 Å². The zero-order valence-corrected chi connectivity index (χ0v) is 16.0. The molecule has 1 atom stereocenters. The van der Waals surface area contributed by atoms with Crippen LogP contribution in [-0.4, -0.2) is 64.2 Å². The Bertz CT molecular complexity index is 818. The molecule has 140 valence electrons. The van der Waals surface area contributed by atoms with Gasteiger partial charge >= 0.3 is 0 Å². The molecule has 0 aromatic heterocycles. The minimum atomic E-state index is -3.70. The van der Waals surface area contributed by atoms with Gasteiger partial charge in [0.2, 0.25) is 20.0 Å². The molecule has 2 aliphatic rings. The smallest absolute Gasteiger partial charge is 0.243 e. The molecular weight excluding hydrogens is 362 g/mol. The average Bonchev–Trinajstić information content (AvgIpc) is 2.62. The molecule has 0 aliphatic carbocycles. The van der Waals surface area contributed by atoms with Gasteiger partial charge in [-0.05, 0) is 38.0 Å². The maximum absolute atomic E-state index is 12.9. The molecule has 25 heavy (non-hydrogen) atoms. The van der Waals surface area contributed by atoms with Crippen molar-refractivity contribution < 1.29 is 16.8 Å². The predicted octanol–water partition coefficient (Wildman–Crippen LogP) is 0.844. The number of rotatable bonds is 4. The van der Waals surface area contributed by atoms with E-state index in [-0.39, 0.29) is 15.8 Å². The van der Waals surface area contributed by atoms with Gasteiger partial charge in [-0.1, -0.05) is 12.5 Å². The Balaban J connectivity index is 1.90. The van der Waals surface area contributed by atoms with Crippen molar-refractivity contribution in [3.05, 3.63) is 24.3 Å². The van der Waals surface area contributed by atoms with Gasteiger partial charge in [0.25, 0.3) is 0 Å². The van der Waals surface area contributed by atoms with Gasteiger partial charge in [0.05, 0.1) is 9.79 Å². The fourth-order valence-electron chi connectivity index (χ4n) is 3.31. The molecule has 1 unspecified atom stereocenters. The van der Waals surface area contributed by atoms with E-state index in [1.807, 2.05) is 6.92 Å². The topological polar surface area (TPSA) is 86.8 Å². The molecule has 2 heterocycles. The molecule has 0 saturated carbocycles. The molecule has 2 saturated heterocycles. The van der Waals surface area contributed by atoms with Crippen LogP contribution in [0.5, 0.6) is 0 Å². The Morgan fingerprint density at radius 2 is 1.52 bits per heavy atom. The molecule has 2 aliphatic heterocycles. The highest BCUT2D eigenvalue weighted by atomic mass is 32.2. The van der Waals surface area contributed by atoms with E-state index in [1.54, 1.807) is 0 Å². The van der Waals surface area contributed by atoms with Crippen molar-refractivity contribution in [1.29, 1.82) is 0 Å². The first-order valence-electron chi connectivity index (χ1n) is 8.65. The third-order valence-corrected chi connectivity index (χ3v) is 8.48. The number of hydrogen-bond donors (Lipinski definition) is 1. The van der Waals surface area contributed by atoms with Crippen LogP contribution in [0.2, 0.25) is 0 Å². The Labute approximate surface area is 150 Å². The molecular formula is C16H25N3O4S2. The minimum absolute atomic E-state index is 0.0414. The average molecular weight is 388 g/mol. The number of piperidine rings is 1. The zero-order valence-electron chi connectivity index (χ0n) is 14.4. The summed E-state index contributed by atoms with van der Waals surface area (Å²) in [5.74, 6) is 0. The van der Waals surface area contributed by atoms with Crippen molar-refractivity contribution in [2.75, 3.05) is 32.7 Å². The number of nitrogens with one attached hydrogen (secondary N) is 1. The lowest BCUT2D eigenvalue weighted by Gasteiger charge is -2.31. The second-order valence-electron chi connectivity index (χ2n) is 6.66. The van der Waals surface area contributed by atoms with E-state index in [1.165, 1.54) is 32.9 Å². The van der Waals surface area contributed by atoms with Crippen LogP contribution in [0.1, 0.15) is 26.2 Å². The first-order valence-corrected chi connectivity index (χ1v) is 11.5. The van der Waals surface area contributed by atoms with Gasteiger partial charge in [-0.25, -0.2) is 16.8 Å². The maximum Gasteiger partial charge on any atom is 0.243 e. The van der Waals surface area contributed by atoms with Gasteiger partial charge in [0.1, 0.15) is 0 Å². The number of benzene rings is 1. The van der Waals surface area contributed by atoms with Gasteiger partial charge in [-0.3, -0.25) is 0 Å². The van der Waals surface area contributed by atoms with E-state index >= 15 is 0 Å². The summed E-state index contributed by atoms with van der Waals surface area (Å²) in [7, 11) is -7.35. The standard InChI is InChI=1S/C16H25N3O4S2/c1-14-13-19(11-8-17-14)25(22,23)16-7-5-6-15(12-16)24(20,21)18-9-3-2-4-10-18/h5-7,12,14,17H,2-4,8-11,13H2,1H3. The normalized spacial score (nSPS) is 24.3. The first-order chi connectivity index (χ1) is 11.8. The maximum atomic E-state index is 12.9. The molecule has 1 aromatic rings. The molecule has 2 fully saturated rings. The lowest BCUT2D eigenvalue weighted by Crippen LogP contribution is -2.51. The Kier molecular flexibility index (Phi) is 5.50. The predicted molar refractivity (Wildman–Crippen MR) is 95.3 cm³/mol. The minimum Gasteiger partial charge on any atom is -0.312 e. The summed E-state index contributed by atoms with van der Waals surface area (Å²) in [6.45, 7) is 4.27. The van der Waals surface area contributed by atoms with Crippen LogP contribution < -0.4 is 5.32 Å². The van der Waals surface area contributed by atoms with E-state index < -0.39 is 20.0 Å². The fourth-order valence-corrected chi connectivity index (χ4v) is 6.53. The van der Waals surface area contributed by atoms with Crippen molar-refractivity contribution >= 4 is 20.0 Å². The summed E-state index contributed by atoms with van der Waals surface area (Å²) >= 11 is 0. The van der Waals surface area contributed by atoms with Crippen molar-refractivity contribution in [2.45, 2.75) is 42.0 Å². The Hall–Kier alpha value is -1.00. The molecule has 0 spiro atoms. The molecule has 7 nitrogen and oxygen atoms in total. The van der Waals surface area contributed by atoms with Crippen LogP contribution in [0.15, 0.2) is 34.1 Å². The van der Waals surface area contributed by atoms with E-state index in [0.29, 0.717) is 32.7 Å². The van der Waals surface area contributed by atoms with Crippen LogP contribution in [-0.2, 0) is 20.0 Å². The highest BCUT2D eigenvalue weighted by Gasteiger charge is 2.31. The van der Waals surface area contributed by atoms with Gasteiger partial charge in [0.15, 0.2) is 0 Å². The molecule has 1 aromatic carbocycles. The molecule has 0 amide bonds. The van der Waals surface area contributed by atoms with Crippen LogP contribution in [0.3, 0.4) is 0 Å². The van der Waals surface area contributed by atoms with E-state index in [0.717, 1.165) is 19.3 Å². The van der Waals surface area contributed by atoms with Gasteiger partial charge < -0.3 is 5.32 Å². The van der Waals surface area contributed by atoms with Crippen LogP contribution in [0.25, 0.3) is 0 Å². The summed E-state index contributed by atoms with van der Waals surface area (Å²) in [6.07, 6.45) is 2.72. The summed E-state index contributed by atoms with van der Waals surface area (Å²) in [6, 6.07) is 5.82. The first kappa shape index (κ1) is 18.8. The molecule has 0 bridgehead atoms. The highest BCUT2D eigenvalue weighted by molar-refractivity contribution is 7.90. The third-order valence-electron chi connectivity index (χ3n) is 4.73. The van der Waals surface area contributed by atoms with Crippen molar-refractivity contribution in [3.63, 3.8) is 0 Å². The summed E-state index contributed by atoms with van der Waals surface area (Å²) < 4.78 is 54.2. The molecule has 0 radical (unpaired) electrons. The molecule has 3 rings (SSSR count). The zero-order chi connectivity index (χ0) is 18.1. The second-order valence-corrected chi connectivity index (χ2v) is 10.5. The number of sulfonamides is 2. The van der Waals surface area contributed by atoms with Gasteiger partial charge in [-0.2, -0.15) is 8.61 Å². The van der Waals surface area contributed by atoms with E-state index in [9.17, 15) is 16.8 Å². The fraction of sp³-hybridized carbons (Fsp3) is 0.625. The molecule has 9 heteroatoms. The SMILES string of the molecule is CC1CN(S(=O)(=O)c2cccc(S(=O)(=O)N3CCCCC3)c2)CCN1. The number of hydrogen-bond acceptors (Lipinski definition) is 5. The Morgan fingerprint density at radius 3 is 2.12 bits per heavy atom. The summed E-state index contributed by atoms with van der Waals surface area (Å²) in [5.41, 5.74) is 0. The van der Waals surface area contributed by atoms with Crippen molar-refractivity contribution in [2.24, 2.45) is 0 Å². The van der Waals surface area contributed by atoms with Crippen LogP contribution in [0, 0.1) is 0 Å².